The van der Waals surface area contributed by atoms with E-state index >= 15 is 0 Å². The third-order valence-electron chi connectivity index (χ3n) is 4.87. The van der Waals surface area contributed by atoms with Crippen molar-refractivity contribution in [2.24, 2.45) is 14.1 Å². The second-order valence-electron chi connectivity index (χ2n) is 7.16. The van der Waals surface area contributed by atoms with Crippen molar-refractivity contribution in [3.05, 3.63) is 48.2 Å². The van der Waals surface area contributed by atoms with Gasteiger partial charge in [-0.15, -0.1) is 0 Å². The number of pyridine rings is 1. The minimum absolute atomic E-state index is 0.476. The molecule has 0 saturated heterocycles. The lowest BCUT2D eigenvalue weighted by Gasteiger charge is -2.08. The molecule has 0 spiro atoms. The molecule has 3 aromatic heterocycles. The molecule has 1 N–H and O–H groups in total. The summed E-state index contributed by atoms with van der Waals surface area (Å²) in [5, 5.41) is 13.2. The van der Waals surface area contributed by atoms with Crippen LogP contribution >= 0.6 is 0 Å². The number of benzene rings is 1. The van der Waals surface area contributed by atoms with E-state index < -0.39 is 0 Å². The number of hydrogen-bond acceptors (Lipinski definition) is 5. The van der Waals surface area contributed by atoms with Gasteiger partial charge in [0.05, 0.1) is 24.4 Å². The summed E-state index contributed by atoms with van der Waals surface area (Å²) in [6.45, 7) is 4.39. The summed E-state index contributed by atoms with van der Waals surface area (Å²) in [5.41, 5.74) is 4.07. The fourth-order valence-corrected chi connectivity index (χ4v) is 3.23. The zero-order chi connectivity index (χ0) is 19.8. The Kier molecular flexibility index (Phi) is 4.50. The number of ether oxygens (including phenoxy) is 1. The maximum atomic E-state index is 5.50. The first-order valence-corrected chi connectivity index (χ1v) is 9.24. The zero-order valence-corrected chi connectivity index (χ0v) is 16.8. The molecule has 0 atom stereocenters. The molecule has 3 heterocycles. The number of nitrogens with zero attached hydrogens (tertiary/aromatic N) is 5. The summed E-state index contributed by atoms with van der Waals surface area (Å²) in [6, 6.07) is 12.4. The lowest BCUT2D eigenvalue weighted by Crippen LogP contribution is -2.02. The van der Waals surface area contributed by atoms with E-state index in [1.54, 1.807) is 18.0 Å². The lowest BCUT2D eigenvalue weighted by molar-refractivity contribution is 0.419. The van der Waals surface area contributed by atoms with Crippen LogP contribution in [-0.2, 0) is 14.1 Å². The SMILES string of the molecule is COc1cc(Nc2cc(-c3cccc(C(C)C)c3)nn2C)nc2c1cnn2C. The van der Waals surface area contributed by atoms with Crippen LogP contribution in [0.5, 0.6) is 5.75 Å². The van der Waals surface area contributed by atoms with Gasteiger partial charge in [-0.2, -0.15) is 10.2 Å². The first kappa shape index (κ1) is 18.0. The van der Waals surface area contributed by atoms with Gasteiger partial charge in [-0.05, 0) is 17.5 Å². The number of hydrogen-bond donors (Lipinski definition) is 1. The molecule has 144 valence electrons. The molecule has 0 aliphatic rings. The van der Waals surface area contributed by atoms with Gasteiger partial charge in [0.2, 0.25) is 0 Å². The van der Waals surface area contributed by atoms with Crippen LogP contribution in [0, 0.1) is 0 Å². The van der Waals surface area contributed by atoms with Gasteiger partial charge in [-0.25, -0.2) is 4.98 Å². The van der Waals surface area contributed by atoms with Crippen LogP contribution in [0.1, 0.15) is 25.3 Å². The summed E-state index contributed by atoms with van der Waals surface area (Å²) in [4.78, 5) is 4.67. The van der Waals surface area contributed by atoms with Crippen LogP contribution in [0.2, 0.25) is 0 Å². The van der Waals surface area contributed by atoms with E-state index in [2.05, 4.69) is 58.6 Å². The summed E-state index contributed by atoms with van der Waals surface area (Å²) in [7, 11) is 5.43. The van der Waals surface area contributed by atoms with E-state index in [0.29, 0.717) is 11.7 Å². The summed E-state index contributed by atoms with van der Waals surface area (Å²) < 4.78 is 9.05. The molecule has 0 bridgehead atoms. The fraction of sp³-hybridized carbons (Fsp3) is 0.286. The Bertz CT molecular complexity index is 1140. The minimum Gasteiger partial charge on any atom is -0.496 e. The monoisotopic (exact) mass is 376 g/mol. The van der Waals surface area contributed by atoms with Gasteiger partial charge >= 0.3 is 0 Å². The fourth-order valence-electron chi connectivity index (χ4n) is 3.23. The van der Waals surface area contributed by atoms with E-state index in [-0.39, 0.29) is 0 Å². The minimum atomic E-state index is 0.476. The molecular formula is C21H24N6O. The number of anilines is 2. The molecule has 0 unspecified atom stereocenters. The Morgan fingerprint density at radius 2 is 1.89 bits per heavy atom. The molecule has 1 aromatic carbocycles. The molecule has 0 aliphatic heterocycles. The normalized spacial score (nSPS) is 11.4. The highest BCUT2D eigenvalue weighted by molar-refractivity contribution is 5.84. The Labute approximate surface area is 164 Å². The average Bonchev–Trinajstić information content (AvgIpc) is 3.24. The molecule has 0 saturated carbocycles. The van der Waals surface area contributed by atoms with Crippen molar-refractivity contribution in [2.45, 2.75) is 19.8 Å². The maximum Gasteiger partial charge on any atom is 0.163 e. The van der Waals surface area contributed by atoms with Crippen LogP contribution in [0.4, 0.5) is 11.6 Å². The largest absolute Gasteiger partial charge is 0.496 e. The van der Waals surface area contributed by atoms with Crippen molar-refractivity contribution in [1.82, 2.24) is 24.5 Å². The molecule has 7 nitrogen and oxygen atoms in total. The van der Waals surface area contributed by atoms with Crippen molar-refractivity contribution in [3.8, 4) is 17.0 Å². The van der Waals surface area contributed by atoms with E-state index in [0.717, 1.165) is 33.9 Å². The molecule has 0 fully saturated rings. The molecular weight excluding hydrogens is 352 g/mol. The van der Waals surface area contributed by atoms with Crippen LogP contribution in [0.3, 0.4) is 0 Å². The van der Waals surface area contributed by atoms with Gasteiger partial charge in [0.1, 0.15) is 17.4 Å². The summed E-state index contributed by atoms with van der Waals surface area (Å²) in [6.07, 6.45) is 1.76. The van der Waals surface area contributed by atoms with Gasteiger partial charge in [0, 0.05) is 31.8 Å². The Hall–Kier alpha value is -3.35. The van der Waals surface area contributed by atoms with Crippen LogP contribution in [0.15, 0.2) is 42.6 Å². The van der Waals surface area contributed by atoms with E-state index in [1.165, 1.54) is 5.56 Å². The van der Waals surface area contributed by atoms with E-state index in [4.69, 9.17) is 4.74 Å². The first-order valence-electron chi connectivity index (χ1n) is 9.24. The molecule has 0 amide bonds. The quantitative estimate of drug-likeness (QED) is 0.564. The van der Waals surface area contributed by atoms with Crippen molar-refractivity contribution < 1.29 is 4.74 Å². The highest BCUT2D eigenvalue weighted by Gasteiger charge is 2.13. The molecule has 0 radical (unpaired) electrons. The Balaban J connectivity index is 1.69. The second kappa shape index (κ2) is 6.99. The number of fused-ring (bicyclic) bond motifs is 1. The zero-order valence-electron chi connectivity index (χ0n) is 16.8. The second-order valence-corrected chi connectivity index (χ2v) is 7.16. The standard InChI is InChI=1S/C21H24N6O/c1-13(2)14-7-6-8-15(9-14)17-10-20(26(3)25-17)23-19-11-18(28-5)16-12-22-27(4)21(16)24-19/h6-13H,1-5H3,(H,23,24). The number of nitrogens with one attached hydrogen (secondary N) is 1. The van der Waals surface area contributed by atoms with Gasteiger partial charge in [0.25, 0.3) is 0 Å². The van der Waals surface area contributed by atoms with Crippen LogP contribution < -0.4 is 10.1 Å². The molecule has 0 aliphatic carbocycles. The van der Waals surface area contributed by atoms with Crippen molar-refractivity contribution in [2.75, 3.05) is 12.4 Å². The summed E-state index contributed by atoms with van der Waals surface area (Å²) in [5.74, 6) is 2.73. The average molecular weight is 376 g/mol. The van der Waals surface area contributed by atoms with E-state index in [9.17, 15) is 0 Å². The van der Waals surface area contributed by atoms with Gasteiger partial charge in [-0.3, -0.25) is 9.36 Å². The number of aromatic nitrogens is 5. The Morgan fingerprint density at radius 1 is 1.07 bits per heavy atom. The maximum absolute atomic E-state index is 5.50. The highest BCUT2D eigenvalue weighted by atomic mass is 16.5. The predicted octanol–water partition coefficient (Wildman–Crippen LogP) is 4.24. The summed E-state index contributed by atoms with van der Waals surface area (Å²) >= 11 is 0. The van der Waals surface area contributed by atoms with E-state index in [1.807, 2.05) is 30.9 Å². The number of methoxy groups -OCH3 is 1. The van der Waals surface area contributed by atoms with Crippen LogP contribution in [-0.4, -0.2) is 31.7 Å². The Morgan fingerprint density at radius 3 is 2.64 bits per heavy atom. The van der Waals surface area contributed by atoms with Gasteiger partial charge in [0.15, 0.2) is 5.65 Å². The van der Waals surface area contributed by atoms with Crippen molar-refractivity contribution in [3.63, 3.8) is 0 Å². The van der Waals surface area contributed by atoms with Gasteiger partial charge < -0.3 is 10.1 Å². The molecule has 28 heavy (non-hydrogen) atoms. The van der Waals surface area contributed by atoms with Gasteiger partial charge in [-0.1, -0.05) is 32.0 Å². The van der Waals surface area contributed by atoms with Crippen molar-refractivity contribution in [1.29, 1.82) is 0 Å². The smallest absolute Gasteiger partial charge is 0.163 e. The third kappa shape index (κ3) is 3.19. The third-order valence-corrected chi connectivity index (χ3v) is 4.87. The van der Waals surface area contributed by atoms with Crippen LogP contribution in [0.25, 0.3) is 22.3 Å². The highest BCUT2D eigenvalue weighted by Crippen LogP contribution is 2.30. The predicted molar refractivity (Wildman–Crippen MR) is 111 cm³/mol. The van der Waals surface area contributed by atoms with Crippen molar-refractivity contribution >= 4 is 22.7 Å². The first-order chi connectivity index (χ1) is 13.5. The lowest BCUT2D eigenvalue weighted by atomic mass is 10.00. The molecule has 7 heteroatoms. The molecule has 4 aromatic rings. The molecule has 4 rings (SSSR count). The topological polar surface area (TPSA) is 69.8 Å². The number of aryl methyl sites for hydroxylation is 2. The number of rotatable bonds is 5.